The summed E-state index contributed by atoms with van der Waals surface area (Å²) in [5.74, 6) is -0.120. The van der Waals surface area contributed by atoms with Crippen LogP contribution >= 0.6 is 0 Å². The third kappa shape index (κ3) is 35.8. The van der Waals surface area contributed by atoms with E-state index in [1.807, 2.05) is 0 Å². The van der Waals surface area contributed by atoms with E-state index in [1.54, 1.807) is 0 Å². The zero-order valence-electron chi connectivity index (χ0n) is 39.6. The number of nitrogens with zero attached hydrogens (tertiary/aromatic N) is 1. The van der Waals surface area contributed by atoms with Gasteiger partial charge in [-0.25, -0.2) is 0 Å². The van der Waals surface area contributed by atoms with Crippen molar-refractivity contribution >= 4 is 5.91 Å². The molecule has 0 spiro atoms. The van der Waals surface area contributed by atoms with E-state index in [2.05, 4.69) is 38.0 Å². The Balaban J connectivity index is 2.27. The largest absolute Gasteiger partial charge is 0.356 e. The van der Waals surface area contributed by atoms with Crippen molar-refractivity contribution in [2.75, 3.05) is 33.3 Å². The lowest BCUT2D eigenvalue weighted by molar-refractivity contribution is -0.180. The van der Waals surface area contributed by atoms with Gasteiger partial charge in [0.15, 0.2) is 5.79 Å². The predicted molar refractivity (Wildman–Crippen MR) is 250 cm³/mol. The van der Waals surface area contributed by atoms with E-state index in [0.717, 1.165) is 77.6 Å². The van der Waals surface area contributed by atoms with Crippen LogP contribution in [0.5, 0.6) is 0 Å². The van der Waals surface area contributed by atoms with Crippen molar-refractivity contribution in [1.29, 1.82) is 0 Å². The smallest absolute Gasteiger partial charge is 0.219 e. The summed E-state index contributed by atoms with van der Waals surface area (Å²) in [7, 11) is 2.24. The molecule has 0 aromatic rings. The van der Waals surface area contributed by atoms with E-state index in [4.69, 9.17) is 9.47 Å². The zero-order valence-corrected chi connectivity index (χ0v) is 39.6. The molecule has 57 heavy (non-hydrogen) atoms. The van der Waals surface area contributed by atoms with Crippen LogP contribution in [-0.2, 0) is 14.3 Å². The molecule has 1 unspecified atom stereocenters. The number of nitrogens with one attached hydrogen (secondary N) is 1. The molecule has 0 aliphatic carbocycles. The molecule has 0 bridgehead atoms. The van der Waals surface area contributed by atoms with Crippen LogP contribution in [0, 0.1) is 0 Å². The fourth-order valence-corrected chi connectivity index (χ4v) is 8.84. The molecule has 5 heteroatoms. The van der Waals surface area contributed by atoms with E-state index in [0.29, 0.717) is 6.42 Å². The Bertz CT molecular complexity index is 785. The maximum absolute atomic E-state index is 12.0. The van der Waals surface area contributed by atoms with Gasteiger partial charge >= 0.3 is 0 Å². The summed E-state index contributed by atoms with van der Waals surface area (Å²) < 4.78 is 13.5. The van der Waals surface area contributed by atoms with E-state index in [-0.39, 0.29) is 17.8 Å². The number of carbonyl (C=O) groups is 1. The number of hydrogen-bond donors (Lipinski definition) is 1. The summed E-state index contributed by atoms with van der Waals surface area (Å²) in [5, 5.41) is 3.04. The van der Waals surface area contributed by atoms with Gasteiger partial charge in [0.1, 0.15) is 0 Å². The summed E-state index contributed by atoms with van der Waals surface area (Å²) >= 11 is 0. The molecule has 1 atom stereocenters. The molecule has 1 saturated heterocycles. The van der Waals surface area contributed by atoms with Gasteiger partial charge in [-0.15, -0.1) is 0 Å². The molecule has 1 N–H and O–H groups in total. The van der Waals surface area contributed by atoms with Crippen molar-refractivity contribution in [2.24, 2.45) is 0 Å². The van der Waals surface area contributed by atoms with Gasteiger partial charge in [-0.1, -0.05) is 226 Å². The van der Waals surface area contributed by atoms with Crippen LogP contribution in [0.15, 0.2) is 0 Å². The van der Waals surface area contributed by atoms with Gasteiger partial charge in [0.05, 0.1) is 12.7 Å². The first kappa shape index (κ1) is 54.4. The number of hydrogen-bond acceptors (Lipinski definition) is 4. The molecule has 1 aliphatic heterocycles. The molecule has 1 amide bonds. The zero-order chi connectivity index (χ0) is 41.2. The van der Waals surface area contributed by atoms with Crippen LogP contribution in [-0.4, -0.2) is 56.0 Å². The first-order chi connectivity index (χ1) is 28.0. The SMILES string of the molecule is CCCCCCCCCCCCCCCCCCC1(CCCCCCCCCCCCCCCCCC)OCC(CCN(C)CCCCCC(=O)NCCCC)O1. The van der Waals surface area contributed by atoms with Gasteiger partial charge in [-0.2, -0.15) is 0 Å². The second-order valence-electron chi connectivity index (χ2n) is 18.7. The summed E-state index contributed by atoms with van der Waals surface area (Å²) in [5.41, 5.74) is 0. The topological polar surface area (TPSA) is 50.8 Å². The first-order valence-electron chi connectivity index (χ1n) is 26.3. The van der Waals surface area contributed by atoms with Gasteiger partial charge in [0.2, 0.25) is 5.91 Å². The Hall–Kier alpha value is -0.650. The van der Waals surface area contributed by atoms with E-state index in [9.17, 15) is 4.79 Å². The summed E-state index contributed by atoms with van der Waals surface area (Å²) in [6.07, 6.45) is 54.6. The van der Waals surface area contributed by atoms with Crippen molar-refractivity contribution in [1.82, 2.24) is 10.2 Å². The highest BCUT2D eigenvalue weighted by atomic mass is 16.7. The summed E-state index contributed by atoms with van der Waals surface area (Å²) in [6, 6.07) is 0. The summed E-state index contributed by atoms with van der Waals surface area (Å²) in [6.45, 7) is 10.5. The maximum atomic E-state index is 12.0. The molecule has 1 rings (SSSR count). The minimum atomic E-state index is -0.340. The molecule has 0 radical (unpaired) electrons. The van der Waals surface area contributed by atoms with Gasteiger partial charge in [-0.3, -0.25) is 4.79 Å². The van der Waals surface area contributed by atoms with Gasteiger partial charge < -0.3 is 19.7 Å². The highest BCUT2D eigenvalue weighted by Gasteiger charge is 2.40. The number of rotatable bonds is 46. The van der Waals surface area contributed by atoms with Crippen molar-refractivity contribution in [3.8, 4) is 0 Å². The van der Waals surface area contributed by atoms with Gasteiger partial charge in [0.25, 0.3) is 0 Å². The van der Waals surface area contributed by atoms with Crippen molar-refractivity contribution in [3.05, 3.63) is 0 Å². The molecule has 0 aromatic carbocycles. The molecular formula is C52H104N2O3. The van der Waals surface area contributed by atoms with Crippen molar-refractivity contribution in [2.45, 2.75) is 296 Å². The van der Waals surface area contributed by atoms with Crippen LogP contribution in [0.1, 0.15) is 284 Å². The van der Waals surface area contributed by atoms with E-state index < -0.39 is 0 Å². The third-order valence-corrected chi connectivity index (χ3v) is 12.9. The average Bonchev–Trinajstić information content (AvgIpc) is 3.62. The molecule has 1 aliphatic rings. The Labute approximate surface area is 358 Å². The quantitative estimate of drug-likeness (QED) is 0.0623. The van der Waals surface area contributed by atoms with E-state index >= 15 is 0 Å². The molecule has 1 fully saturated rings. The monoisotopic (exact) mass is 805 g/mol. The second-order valence-corrected chi connectivity index (χ2v) is 18.7. The molecule has 0 saturated carbocycles. The minimum Gasteiger partial charge on any atom is -0.356 e. The lowest BCUT2D eigenvalue weighted by Crippen LogP contribution is -2.32. The predicted octanol–water partition coefficient (Wildman–Crippen LogP) is 16.2. The van der Waals surface area contributed by atoms with Crippen LogP contribution < -0.4 is 5.32 Å². The highest BCUT2D eigenvalue weighted by Crippen LogP contribution is 2.36. The normalized spacial score (nSPS) is 15.3. The first-order valence-corrected chi connectivity index (χ1v) is 26.3. The van der Waals surface area contributed by atoms with Crippen molar-refractivity contribution < 1.29 is 14.3 Å². The number of amides is 1. The third-order valence-electron chi connectivity index (χ3n) is 12.9. The Kier molecular flexibility index (Phi) is 40.1. The fraction of sp³-hybridized carbons (Fsp3) is 0.981. The van der Waals surface area contributed by atoms with Crippen LogP contribution in [0.3, 0.4) is 0 Å². The maximum Gasteiger partial charge on any atom is 0.219 e. The van der Waals surface area contributed by atoms with Crippen LogP contribution in [0.25, 0.3) is 0 Å². The number of carbonyl (C=O) groups excluding carboxylic acids is 1. The lowest BCUT2D eigenvalue weighted by atomic mass is 9.98. The Morgan fingerprint density at radius 1 is 0.491 bits per heavy atom. The Morgan fingerprint density at radius 3 is 1.26 bits per heavy atom. The fourth-order valence-electron chi connectivity index (χ4n) is 8.84. The van der Waals surface area contributed by atoms with Gasteiger partial charge in [-0.05, 0) is 52.1 Å². The van der Waals surface area contributed by atoms with Gasteiger partial charge in [0, 0.05) is 32.4 Å². The number of unbranched alkanes of at least 4 members (excludes halogenated alkanes) is 33. The van der Waals surface area contributed by atoms with E-state index in [1.165, 1.54) is 205 Å². The molecule has 340 valence electrons. The van der Waals surface area contributed by atoms with Crippen LogP contribution in [0.4, 0.5) is 0 Å². The molecule has 0 aromatic heterocycles. The molecule has 1 heterocycles. The standard InChI is InChI=1S/C52H104N2O3/c1-5-8-11-13-15-17-19-21-23-25-27-29-31-33-35-39-44-52(45-40-36-34-32-30-28-26-24-22-20-18-16-14-12-9-6-2)56-49-50(57-52)43-48-54(4)47-41-37-38-42-51(55)53-46-10-7-3/h50H,5-49H2,1-4H3,(H,53,55). The number of ether oxygens (including phenoxy) is 2. The molecular weight excluding hydrogens is 701 g/mol. The highest BCUT2D eigenvalue weighted by molar-refractivity contribution is 5.75. The summed E-state index contributed by atoms with van der Waals surface area (Å²) in [4.78, 5) is 14.4. The minimum absolute atomic E-state index is 0.220. The van der Waals surface area contributed by atoms with Crippen molar-refractivity contribution in [3.63, 3.8) is 0 Å². The second kappa shape index (κ2) is 42.1. The Morgan fingerprint density at radius 2 is 0.860 bits per heavy atom. The van der Waals surface area contributed by atoms with Crippen LogP contribution in [0.2, 0.25) is 0 Å². The lowest BCUT2D eigenvalue weighted by Gasteiger charge is -2.29. The average molecular weight is 805 g/mol. The molecule has 5 nitrogen and oxygen atoms in total.